The highest BCUT2D eigenvalue weighted by atomic mass is 19.4. The summed E-state index contributed by atoms with van der Waals surface area (Å²) in [4.78, 5) is 24.5. The number of esters is 1. The van der Waals surface area contributed by atoms with Crippen LogP contribution in [0.1, 0.15) is 32.8 Å². The molecule has 0 atom stereocenters. The molecule has 1 N–H and O–H groups in total. The van der Waals surface area contributed by atoms with Gasteiger partial charge in [-0.05, 0) is 6.07 Å². The van der Waals surface area contributed by atoms with Gasteiger partial charge in [-0.25, -0.2) is 18.4 Å². The lowest BCUT2D eigenvalue weighted by Crippen LogP contribution is -2.20. The van der Waals surface area contributed by atoms with Crippen molar-refractivity contribution in [3.8, 4) is 0 Å². The smallest absolute Gasteiger partial charge is 0.478 e. The highest BCUT2D eigenvalue weighted by molar-refractivity contribution is 5.95. The zero-order valence-electron chi connectivity index (χ0n) is 8.74. The molecule has 0 aromatic carbocycles. The Bertz CT molecular complexity index is 514. The van der Waals surface area contributed by atoms with Crippen molar-refractivity contribution in [3.05, 3.63) is 29.1 Å². The molecule has 0 aliphatic rings. The summed E-state index contributed by atoms with van der Waals surface area (Å²) in [6, 6.07) is 0.338. The molecule has 0 radical (unpaired) electrons. The van der Waals surface area contributed by atoms with E-state index in [0.717, 1.165) is 0 Å². The summed E-state index contributed by atoms with van der Waals surface area (Å²) in [6.45, 7) is 0. The van der Waals surface area contributed by atoms with Crippen LogP contribution in [0.5, 0.6) is 0 Å². The molecule has 0 spiro atoms. The Morgan fingerprint density at radius 3 is 2.32 bits per heavy atom. The molecular formula is C9H4F5NO4. The summed E-state index contributed by atoms with van der Waals surface area (Å²) in [6.07, 6.45) is -8.15. The monoisotopic (exact) mass is 285 g/mol. The Balaban J connectivity index is 3.16. The maximum atomic E-state index is 12.4. The quantitative estimate of drug-likeness (QED) is 0.681. The topological polar surface area (TPSA) is 76.5 Å². The standard InChI is InChI=1S/C9H4F5NO4/c10-6(11)5-4(7(16)17)1-3(2-15-5)8(18)19-9(12,13)14/h1-2,6H,(H,16,17). The van der Waals surface area contributed by atoms with Crippen LogP contribution >= 0.6 is 0 Å². The van der Waals surface area contributed by atoms with Crippen molar-refractivity contribution in [1.82, 2.24) is 4.98 Å². The number of carboxylic acids is 1. The number of rotatable bonds is 3. The van der Waals surface area contributed by atoms with Gasteiger partial charge < -0.3 is 9.84 Å². The second-order valence-electron chi connectivity index (χ2n) is 3.10. The fraction of sp³-hybridized carbons (Fsp3) is 0.222. The van der Waals surface area contributed by atoms with E-state index in [1.807, 2.05) is 0 Å². The lowest BCUT2D eigenvalue weighted by atomic mass is 10.1. The molecule has 0 bridgehead atoms. The van der Waals surface area contributed by atoms with E-state index in [4.69, 9.17) is 5.11 Å². The minimum absolute atomic E-state index is 0.338. The Labute approximate surface area is 101 Å². The van der Waals surface area contributed by atoms with E-state index in [9.17, 15) is 31.5 Å². The maximum absolute atomic E-state index is 12.4. The fourth-order valence-corrected chi connectivity index (χ4v) is 1.10. The molecular weight excluding hydrogens is 281 g/mol. The zero-order valence-corrected chi connectivity index (χ0v) is 8.74. The summed E-state index contributed by atoms with van der Waals surface area (Å²) in [5.41, 5.74) is -3.14. The van der Waals surface area contributed by atoms with E-state index in [2.05, 4.69) is 9.72 Å². The van der Waals surface area contributed by atoms with Crippen molar-refractivity contribution < 1.29 is 41.4 Å². The van der Waals surface area contributed by atoms with Gasteiger partial charge in [0.15, 0.2) is 0 Å². The number of halogens is 5. The van der Waals surface area contributed by atoms with Gasteiger partial charge in [-0.2, -0.15) is 0 Å². The van der Waals surface area contributed by atoms with E-state index >= 15 is 0 Å². The summed E-state index contributed by atoms with van der Waals surface area (Å²) in [5, 5.41) is 8.61. The van der Waals surface area contributed by atoms with Crippen molar-refractivity contribution in [2.45, 2.75) is 12.8 Å². The number of carbonyl (C=O) groups is 2. The van der Waals surface area contributed by atoms with E-state index < -0.39 is 41.5 Å². The van der Waals surface area contributed by atoms with Crippen LogP contribution < -0.4 is 0 Å². The third-order valence-corrected chi connectivity index (χ3v) is 1.80. The minimum Gasteiger partial charge on any atom is -0.478 e. The number of aromatic nitrogens is 1. The van der Waals surface area contributed by atoms with Gasteiger partial charge in [-0.15, -0.1) is 13.2 Å². The van der Waals surface area contributed by atoms with E-state index in [1.165, 1.54) is 0 Å². The van der Waals surface area contributed by atoms with Crippen LogP contribution in [0.15, 0.2) is 12.3 Å². The Kier molecular flexibility index (Phi) is 4.02. The minimum atomic E-state index is -5.28. The first kappa shape index (κ1) is 14.8. The molecule has 5 nitrogen and oxygen atoms in total. The van der Waals surface area contributed by atoms with Crippen molar-refractivity contribution in [2.24, 2.45) is 0 Å². The van der Waals surface area contributed by atoms with Crippen molar-refractivity contribution in [1.29, 1.82) is 0 Å². The molecule has 19 heavy (non-hydrogen) atoms. The van der Waals surface area contributed by atoms with Gasteiger partial charge in [0.2, 0.25) is 0 Å². The number of nitrogens with zero attached hydrogens (tertiary/aromatic N) is 1. The number of aromatic carboxylic acids is 1. The third kappa shape index (κ3) is 3.86. The molecule has 0 aliphatic carbocycles. The lowest BCUT2D eigenvalue weighted by Gasteiger charge is -2.09. The molecule has 0 saturated carbocycles. The maximum Gasteiger partial charge on any atom is 0.575 e. The number of carboxylic acid groups (broad SMARTS) is 1. The number of alkyl halides is 5. The molecule has 104 valence electrons. The first-order valence-electron chi connectivity index (χ1n) is 4.43. The normalized spacial score (nSPS) is 11.5. The molecule has 1 heterocycles. The first-order chi connectivity index (χ1) is 8.61. The van der Waals surface area contributed by atoms with Crippen LogP contribution in [0.25, 0.3) is 0 Å². The molecule has 1 aromatic heterocycles. The SMILES string of the molecule is O=C(OC(F)(F)F)c1cnc(C(F)F)c(C(=O)O)c1. The van der Waals surface area contributed by atoms with Gasteiger partial charge in [0.05, 0.1) is 11.1 Å². The lowest BCUT2D eigenvalue weighted by molar-refractivity contribution is -0.291. The molecule has 0 saturated heterocycles. The molecule has 0 aliphatic heterocycles. The van der Waals surface area contributed by atoms with Gasteiger partial charge >= 0.3 is 18.3 Å². The van der Waals surface area contributed by atoms with Gasteiger partial charge in [0.1, 0.15) is 5.69 Å². The number of pyridine rings is 1. The number of ether oxygens (including phenoxy) is 1. The highest BCUT2D eigenvalue weighted by Gasteiger charge is 2.35. The zero-order chi connectivity index (χ0) is 14.8. The van der Waals surface area contributed by atoms with E-state index in [1.54, 1.807) is 0 Å². The van der Waals surface area contributed by atoms with Gasteiger partial charge in [-0.1, -0.05) is 0 Å². The first-order valence-corrected chi connectivity index (χ1v) is 4.43. The van der Waals surface area contributed by atoms with E-state index in [-0.39, 0.29) is 0 Å². The van der Waals surface area contributed by atoms with Crippen LogP contribution in [0, 0.1) is 0 Å². The molecule has 10 heteroatoms. The Morgan fingerprint density at radius 1 is 1.32 bits per heavy atom. The Morgan fingerprint density at radius 2 is 1.89 bits per heavy atom. The molecule has 0 fully saturated rings. The van der Waals surface area contributed by atoms with Crippen molar-refractivity contribution in [2.75, 3.05) is 0 Å². The summed E-state index contributed by atoms with van der Waals surface area (Å²) >= 11 is 0. The van der Waals surface area contributed by atoms with Gasteiger partial charge in [0.25, 0.3) is 6.43 Å². The Hall–Kier alpha value is -2.26. The average molecular weight is 285 g/mol. The second-order valence-corrected chi connectivity index (χ2v) is 3.10. The van der Waals surface area contributed by atoms with Crippen LogP contribution in [-0.2, 0) is 4.74 Å². The van der Waals surface area contributed by atoms with Gasteiger partial charge in [0, 0.05) is 6.20 Å². The second kappa shape index (κ2) is 5.16. The van der Waals surface area contributed by atoms with Crippen LogP contribution in [0.3, 0.4) is 0 Å². The molecule has 0 amide bonds. The van der Waals surface area contributed by atoms with Gasteiger partial charge in [-0.3, -0.25) is 4.98 Å². The molecule has 1 aromatic rings. The predicted octanol–water partition coefficient (Wildman–Crippen LogP) is 2.39. The number of carbonyl (C=O) groups excluding carboxylic acids is 1. The third-order valence-electron chi connectivity index (χ3n) is 1.80. The van der Waals surface area contributed by atoms with Crippen LogP contribution in [-0.4, -0.2) is 28.4 Å². The van der Waals surface area contributed by atoms with Crippen LogP contribution in [0.2, 0.25) is 0 Å². The predicted molar refractivity (Wildman–Crippen MR) is 47.6 cm³/mol. The summed E-state index contributed by atoms with van der Waals surface area (Å²) < 4.78 is 63.0. The molecule has 1 rings (SSSR count). The highest BCUT2D eigenvalue weighted by Crippen LogP contribution is 2.23. The largest absolute Gasteiger partial charge is 0.575 e. The summed E-state index contributed by atoms with van der Waals surface area (Å²) in [5.74, 6) is -3.80. The summed E-state index contributed by atoms with van der Waals surface area (Å²) in [7, 11) is 0. The van der Waals surface area contributed by atoms with Crippen molar-refractivity contribution in [3.63, 3.8) is 0 Å². The average Bonchev–Trinajstić information content (AvgIpc) is 2.25. The van der Waals surface area contributed by atoms with E-state index in [0.29, 0.717) is 12.3 Å². The number of hydrogen-bond acceptors (Lipinski definition) is 4. The van der Waals surface area contributed by atoms with Crippen LogP contribution in [0.4, 0.5) is 22.0 Å². The van der Waals surface area contributed by atoms with Crippen molar-refractivity contribution >= 4 is 11.9 Å². The molecule has 0 unspecified atom stereocenters. The number of hydrogen-bond donors (Lipinski definition) is 1. The fourth-order valence-electron chi connectivity index (χ4n) is 1.10.